The summed E-state index contributed by atoms with van der Waals surface area (Å²) >= 11 is 0. The number of hydrogen-bond donors (Lipinski definition) is 2. The van der Waals surface area contributed by atoms with Gasteiger partial charge in [0.1, 0.15) is 5.82 Å². The molecule has 0 unspecified atom stereocenters. The number of rotatable bonds is 1. The van der Waals surface area contributed by atoms with E-state index in [0.717, 1.165) is 16.7 Å². The zero-order chi connectivity index (χ0) is 12.6. The first-order chi connectivity index (χ1) is 7.97. The number of anilines is 1. The van der Waals surface area contributed by atoms with E-state index in [1.165, 1.54) is 11.1 Å². The quantitative estimate of drug-likeness (QED) is 0.788. The molecule has 0 spiro atoms. The fourth-order valence-corrected chi connectivity index (χ4v) is 1.99. The van der Waals surface area contributed by atoms with Gasteiger partial charge < -0.3 is 10.7 Å². The van der Waals surface area contributed by atoms with E-state index < -0.39 is 0 Å². The Morgan fingerprint density at radius 2 is 1.59 bits per heavy atom. The molecule has 0 fully saturated rings. The third kappa shape index (κ3) is 2.23. The van der Waals surface area contributed by atoms with E-state index in [9.17, 15) is 4.79 Å². The fourth-order valence-electron chi connectivity index (χ4n) is 1.99. The van der Waals surface area contributed by atoms with Gasteiger partial charge in [-0.1, -0.05) is 12.1 Å². The number of hydrogen-bond acceptors (Lipinski definition) is 2. The Bertz CT molecular complexity index is 627. The predicted octanol–water partition coefficient (Wildman–Crippen LogP) is 2.55. The Morgan fingerprint density at radius 3 is 2.24 bits per heavy atom. The van der Waals surface area contributed by atoms with Crippen LogP contribution in [0, 0.1) is 20.8 Å². The van der Waals surface area contributed by atoms with Crippen LogP contribution in [0.1, 0.15) is 16.7 Å². The summed E-state index contributed by atoms with van der Waals surface area (Å²) in [6.45, 7) is 6.19. The molecule has 0 radical (unpaired) electrons. The number of aromatic nitrogens is 1. The van der Waals surface area contributed by atoms with Crippen molar-refractivity contribution in [3.05, 3.63) is 51.3 Å². The number of aromatic amines is 1. The van der Waals surface area contributed by atoms with Crippen LogP contribution in [-0.2, 0) is 0 Å². The van der Waals surface area contributed by atoms with Crippen LogP contribution >= 0.6 is 0 Å². The van der Waals surface area contributed by atoms with E-state index in [1.54, 1.807) is 12.1 Å². The first-order valence-electron chi connectivity index (χ1n) is 5.55. The monoisotopic (exact) mass is 228 g/mol. The number of pyridine rings is 1. The van der Waals surface area contributed by atoms with Gasteiger partial charge in [0.05, 0.1) is 0 Å². The molecule has 0 saturated carbocycles. The van der Waals surface area contributed by atoms with Gasteiger partial charge in [-0.25, -0.2) is 0 Å². The van der Waals surface area contributed by atoms with E-state index in [0.29, 0.717) is 5.82 Å². The molecule has 3 N–H and O–H groups in total. The van der Waals surface area contributed by atoms with Crippen molar-refractivity contribution in [2.45, 2.75) is 20.8 Å². The molecule has 1 aromatic heterocycles. The molecule has 2 rings (SSSR count). The first-order valence-corrected chi connectivity index (χ1v) is 5.55. The molecule has 0 atom stereocenters. The molecule has 0 amide bonds. The third-order valence-electron chi connectivity index (χ3n) is 3.02. The number of aryl methyl sites for hydroxylation is 3. The van der Waals surface area contributed by atoms with Crippen molar-refractivity contribution in [2.75, 3.05) is 5.73 Å². The van der Waals surface area contributed by atoms with E-state index in [1.807, 2.05) is 6.92 Å². The van der Waals surface area contributed by atoms with Gasteiger partial charge >= 0.3 is 0 Å². The molecule has 1 aromatic carbocycles. The largest absolute Gasteiger partial charge is 0.385 e. The summed E-state index contributed by atoms with van der Waals surface area (Å²) in [5.74, 6) is 0.394. The van der Waals surface area contributed by atoms with Crippen molar-refractivity contribution in [1.29, 1.82) is 0 Å². The maximum atomic E-state index is 11.4. The molecular formula is C14H16N2O. The van der Waals surface area contributed by atoms with Gasteiger partial charge in [-0.15, -0.1) is 0 Å². The van der Waals surface area contributed by atoms with Crippen molar-refractivity contribution in [2.24, 2.45) is 0 Å². The fraction of sp³-hybridized carbons (Fsp3) is 0.214. The summed E-state index contributed by atoms with van der Waals surface area (Å²) < 4.78 is 0. The lowest BCUT2D eigenvalue weighted by molar-refractivity contribution is 1.24. The highest BCUT2D eigenvalue weighted by Gasteiger charge is 2.06. The topological polar surface area (TPSA) is 58.9 Å². The van der Waals surface area contributed by atoms with Gasteiger partial charge in [0.25, 0.3) is 0 Å². The maximum absolute atomic E-state index is 11.4. The number of H-pyrrole nitrogens is 1. The lowest BCUT2D eigenvalue weighted by Gasteiger charge is -2.10. The molecule has 0 aliphatic heterocycles. The minimum atomic E-state index is -0.169. The molecule has 0 aliphatic carbocycles. The van der Waals surface area contributed by atoms with Crippen LogP contribution in [0.3, 0.4) is 0 Å². The van der Waals surface area contributed by atoms with Gasteiger partial charge in [0.15, 0.2) is 0 Å². The second kappa shape index (κ2) is 4.09. The second-order valence-corrected chi connectivity index (χ2v) is 4.44. The van der Waals surface area contributed by atoms with Crippen molar-refractivity contribution in [3.63, 3.8) is 0 Å². The van der Waals surface area contributed by atoms with Gasteiger partial charge in [-0.3, -0.25) is 4.79 Å². The number of nitrogen functional groups attached to an aromatic ring is 1. The highest BCUT2D eigenvalue weighted by Crippen LogP contribution is 2.26. The van der Waals surface area contributed by atoms with E-state index in [4.69, 9.17) is 5.73 Å². The zero-order valence-corrected chi connectivity index (χ0v) is 10.3. The van der Waals surface area contributed by atoms with E-state index in [-0.39, 0.29) is 5.56 Å². The van der Waals surface area contributed by atoms with Crippen LogP contribution in [-0.4, -0.2) is 4.98 Å². The zero-order valence-electron chi connectivity index (χ0n) is 10.3. The summed E-state index contributed by atoms with van der Waals surface area (Å²) in [7, 11) is 0. The van der Waals surface area contributed by atoms with Crippen LogP contribution < -0.4 is 11.3 Å². The molecule has 2 aromatic rings. The maximum Gasteiger partial charge on any atom is 0.250 e. The van der Waals surface area contributed by atoms with Crippen molar-refractivity contribution >= 4 is 5.82 Å². The molecule has 1 heterocycles. The standard InChI is InChI=1S/C14H16N2O/c1-8-4-10(3)12(5-9(8)2)11-6-13(15)16-14(17)7-11/h4-7H,1-3H3,(H3,15,16,17). The van der Waals surface area contributed by atoms with Crippen LogP contribution in [0.25, 0.3) is 11.1 Å². The molecule has 0 aliphatic rings. The Balaban J connectivity index is 2.68. The normalized spacial score (nSPS) is 10.5. The lowest BCUT2D eigenvalue weighted by Crippen LogP contribution is -2.07. The summed E-state index contributed by atoms with van der Waals surface area (Å²) in [4.78, 5) is 14.0. The minimum absolute atomic E-state index is 0.169. The summed E-state index contributed by atoms with van der Waals surface area (Å²) in [6, 6.07) is 7.59. The molecule has 88 valence electrons. The Kier molecular flexibility index (Phi) is 2.76. The van der Waals surface area contributed by atoms with Gasteiger partial charge in [-0.2, -0.15) is 0 Å². The lowest BCUT2D eigenvalue weighted by atomic mass is 9.96. The first kappa shape index (κ1) is 11.5. The molecular weight excluding hydrogens is 212 g/mol. The third-order valence-corrected chi connectivity index (χ3v) is 3.02. The van der Waals surface area contributed by atoms with Gasteiger partial charge in [0, 0.05) is 6.07 Å². The Labute approximate surface area is 100 Å². The molecule has 0 bridgehead atoms. The van der Waals surface area contributed by atoms with Crippen LogP contribution in [0.2, 0.25) is 0 Å². The number of benzene rings is 1. The van der Waals surface area contributed by atoms with Crippen LogP contribution in [0.5, 0.6) is 0 Å². The van der Waals surface area contributed by atoms with Crippen molar-refractivity contribution in [3.8, 4) is 11.1 Å². The van der Waals surface area contributed by atoms with E-state index >= 15 is 0 Å². The SMILES string of the molecule is Cc1cc(C)c(-c2cc(N)[nH]c(=O)c2)cc1C. The molecule has 17 heavy (non-hydrogen) atoms. The minimum Gasteiger partial charge on any atom is -0.385 e. The summed E-state index contributed by atoms with van der Waals surface area (Å²) in [5, 5.41) is 0. The molecule has 0 saturated heterocycles. The Morgan fingerprint density at radius 1 is 0.941 bits per heavy atom. The second-order valence-electron chi connectivity index (χ2n) is 4.44. The van der Waals surface area contributed by atoms with Crippen molar-refractivity contribution in [1.82, 2.24) is 4.98 Å². The van der Waals surface area contributed by atoms with Crippen LogP contribution in [0.4, 0.5) is 5.82 Å². The average Bonchev–Trinajstić information content (AvgIpc) is 2.22. The number of nitrogens with one attached hydrogen (secondary N) is 1. The number of nitrogens with two attached hydrogens (primary N) is 1. The van der Waals surface area contributed by atoms with Crippen molar-refractivity contribution < 1.29 is 0 Å². The van der Waals surface area contributed by atoms with Gasteiger partial charge in [-0.05, 0) is 54.7 Å². The van der Waals surface area contributed by atoms with E-state index in [2.05, 4.69) is 31.0 Å². The molecule has 3 heteroatoms. The Hall–Kier alpha value is -2.03. The summed E-state index contributed by atoms with van der Waals surface area (Å²) in [5.41, 5.74) is 11.0. The summed E-state index contributed by atoms with van der Waals surface area (Å²) in [6.07, 6.45) is 0. The highest BCUT2D eigenvalue weighted by atomic mass is 16.1. The van der Waals surface area contributed by atoms with Gasteiger partial charge in [0.2, 0.25) is 5.56 Å². The average molecular weight is 228 g/mol. The highest BCUT2D eigenvalue weighted by molar-refractivity contribution is 5.70. The predicted molar refractivity (Wildman–Crippen MR) is 71.1 cm³/mol. The smallest absolute Gasteiger partial charge is 0.250 e. The van der Waals surface area contributed by atoms with Crippen LogP contribution in [0.15, 0.2) is 29.1 Å². The molecule has 3 nitrogen and oxygen atoms in total.